The first-order valence-corrected chi connectivity index (χ1v) is 5.27. The molecule has 0 radical (unpaired) electrons. The first-order chi connectivity index (χ1) is 7.27. The Balaban J connectivity index is 1.97. The number of benzene rings is 1. The minimum Gasteiger partial charge on any atom is -0.480 e. The Morgan fingerprint density at radius 1 is 1.40 bits per heavy atom. The number of carboxylic acid groups (broad SMARTS) is 1. The van der Waals surface area contributed by atoms with Crippen molar-refractivity contribution < 1.29 is 9.90 Å². The van der Waals surface area contributed by atoms with Gasteiger partial charge in [0.1, 0.15) is 0 Å². The van der Waals surface area contributed by atoms with Gasteiger partial charge in [0, 0.05) is 6.54 Å². The monoisotopic (exact) mass is 205 g/mol. The van der Waals surface area contributed by atoms with Crippen LogP contribution in [0.15, 0.2) is 24.3 Å². The smallest absolute Gasteiger partial charge is 0.317 e. The second-order valence-electron chi connectivity index (χ2n) is 3.97. The molecule has 80 valence electrons. The van der Waals surface area contributed by atoms with Gasteiger partial charge in [0.25, 0.3) is 0 Å². The van der Waals surface area contributed by atoms with Gasteiger partial charge in [-0.05, 0) is 29.9 Å². The van der Waals surface area contributed by atoms with Gasteiger partial charge in [0.2, 0.25) is 0 Å². The zero-order chi connectivity index (χ0) is 10.7. The Hall–Kier alpha value is -1.35. The van der Waals surface area contributed by atoms with Crippen LogP contribution in [0.4, 0.5) is 0 Å². The van der Waals surface area contributed by atoms with E-state index in [0.717, 1.165) is 0 Å². The first kappa shape index (κ1) is 10.2. The van der Waals surface area contributed by atoms with Gasteiger partial charge in [-0.2, -0.15) is 0 Å². The molecule has 3 heteroatoms. The molecular formula is C12H15NO2. The van der Waals surface area contributed by atoms with E-state index in [2.05, 4.69) is 17.4 Å². The highest BCUT2D eigenvalue weighted by Gasteiger charge is 2.25. The molecule has 1 fully saturated rings. The van der Waals surface area contributed by atoms with Crippen molar-refractivity contribution >= 4 is 5.97 Å². The molecule has 0 aliphatic heterocycles. The van der Waals surface area contributed by atoms with Crippen molar-refractivity contribution in [1.82, 2.24) is 5.32 Å². The topological polar surface area (TPSA) is 49.3 Å². The second-order valence-corrected chi connectivity index (χ2v) is 3.97. The maximum absolute atomic E-state index is 10.4. The summed E-state index contributed by atoms with van der Waals surface area (Å²) in [7, 11) is 0. The fourth-order valence-electron chi connectivity index (χ4n) is 1.79. The molecule has 1 aromatic rings. The molecule has 0 unspecified atom stereocenters. The van der Waals surface area contributed by atoms with Crippen LogP contribution >= 0.6 is 0 Å². The van der Waals surface area contributed by atoms with E-state index in [9.17, 15) is 4.79 Å². The van der Waals surface area contributed by atoms with Gasteiger partial charge >= 0.3 is 5.97 Å². The molecule has 1 saturated carbocycles. The number of nitrogens with one attached hydrogen (secondary N) is 1. The van der Waals surface area contributed by atoms with E-state index in [4.69, 9.17) is 5.11 Å². The lowest BCUT2D eigenvalue weighted by molar-refractivity contribution is -0.135. The lowest BCUT2D eigenvalue weighted by Gasteiger charge is -2.08. The number of carbonyl (C=O) groups is 1. The third kappa shape index (κ3) is 2.80. The summed E-state index contributed by atoms with van der Waals surface area (Å²) in [6.45, 7) is 0.679. The number of hydrogen-bond donors (Lipinski definition) is 2. The van der Waals surface area contributed by atoms with Crippen molar-refractivity contribution in [3.05, 3.63) is 35.4 Å². The van der Waals surface area contributed by atoms with Crippen molar-refractivity contribution in [1.29, 1.82) is 0 Å². The molecule has 1 aliphatic carbocycles. The maximum Gasteiger partial charge on any atom is 0.317 e. The molecule has 3 nitrogen and oxygen atoms in total. The highest BCUT2D eigenvalue weighted by Crippen LogP contribution is 2.41. The summed E-state index contributed by atoms with van der Waals surface area (Å²) in [5, 5.41) is 11.4. The van der Waals surface area contributed by atoms with E-state index >= 15 is 0 Å². The standard InChI is InChI=1S/C12H15NO2/c14-12(15)8-13-7-10-3-1-2-4-11(10)9-5-6-9/h1-4,9,13H,5-8H2,(H,14,15). The third-order valence-electron chi connectivity index (χ3n) is 2.66. The Morgan fingerprint density at radius 3 is 2.80 bits per heavy atom. The molecule has 2 N–H and O–H groups in total. The van der Waals surface area contributed by atoms with Gasteiger partial charge in [0.05, 0.1) is 6.54 Å². The maximum atomic E-state index is 10.4. The zero-order valence-corrected chi connectivity index (χ0v) is 8.57. The molecule has 1 aromatic carbocycles. The highest BCUT2D eigenvalue weighted by atomic mass is 16.4. The fourth-order valence-corrected chi connectivity index (χ4v) is 1.79. The average Bonchev–Trinajstić information content (AvgIpc) is 3.01. The van der Waals surface area contributed by atoms with Crippen LogP contribution in [0.3, 0.4) is 0 Å². The van der Waals surface area contributed by atoms with Crippen molar-refractivity contribution in [3.8, 4) is 0 Å². The van der Waals surface area contributed by atoms with E-state index in [1.165, 1.54) is 24.0 Å². The fraction of sp³-hybridized carbons (Fsp3) is 0.417. The summed E-state index contributed by atoms with van der Waals surface area (Å²) in [5.74, 6) is -0.0910. The van der Waals surface area contributed by atoms with Crippen LogP contribution in [0.25, 0.3) is 0 Å². The summed E-state index contributed by atoms with van der Waals surface area (Å²) in [6.07, 6.45) is 2.55. The van der Waals surface area contributed by atoms with Crippen LogP contribution in [-0.2, 0) is 11.3 Å². The van der Waals surface area contributed by atoms with Crippen molar-refractivity contribution in [2.24, 2.45) is 0 Å². The highest BCUT2D eigenvalue weighted by molar-refractivity contribution is 5.69. The van der Waals surface area contributed by atoms with E-state index < -0.39 is 5.97 Å². The Bertz CT molecular complexity index is 358. The van der Waals surface area contributed by atoms with Gasteiger partial charge in [-0.15, -0.1) is 0 Å². The van der Waals surface area contributed by atoms with Crippen molar-refractivity contribution in [2.45, 2.75) is 25.3 Å². The van der Waals surface area contributed by atoms with Gasteiger partial charge < -0.3 is 10.4 Å². The van der Waals surface area contributed by atoms with Gasteiger partial charge in [-0.3, -0.25) is 4.79 Å². The molecule has 0 amide bonds. The largest absolute Gasteiger partial charge is 0.480 e. The third-order valence-corrected chi connectivity index (χ3v) is 2.66. The summed E-state index contributed by atoms with van der Waals surface area (Å²) in [4.78, 5) is 10.4. The lowest BCUT2D eigenvalue weighted by atomic mass is 10.0. The Kier molecular flexibility index (Phi) is 3.02. The van der Waals surface area contributed by atoms with E-state index in [1.54, 1.807) is 0 Å². The quantitative estimate of drug-likeness (QED) is 0.769. The molecule has 0 heterocycles. The van der Waals surface area contributed by atoms with Crippen LogP contribution in [0, 0.1) is 0 Å². The second kappa shape index (κ2) is 4.45. The SMILES string of the molecule is O=C(O)CNCc1ccccc1C1CC1. The summed E-state index contributed by atoms with van der Waals surface area (Å²) in [6, 6.07) is 8.27. The molecule has 0 aromatic heterocycles. The van der Waals surface area contributed by atoms with Crippen LogP contribution in [0.5, 0.6) is 0 Å². The predicted molar refractivity (Wildman–Crippen MR) is 57.8 cm³/mol. The van der Waals surface area contributed by atoms with Crippen LogP contribution in [0.1, 0.15) is 29.9 Å². The van der Waals surface area contributed by atoms with E-state index in [0.29, 0.717) is 12.5 Å². The predicted octanol–water partition coefficient (Wildman–Crippen LogP) is 1.74. The normalized spacial score (nSPS) is 15.2. The van der Waals surface area contributed by atoms with Gasteiger partial charge in [0.15, 0.2) is 0 Å². The first-order valence-electron chi connectivity index (χ1n) is 5.27. The van der Waals surface area contributed by atoms with Crippen LogP contribution < -0.4 is 5.32 Å². The van der Waals surface area contributed by atoms with E-state index in [1.807, 2.05) is 12.1 Å². The Labute approximate surface area is 89.1 Å². The van der Waals surface area contributed by atoms with Crippen LogP contribution in [0.2, 0.25) is 0 Å². The molecule has 1 aliphatic rings. The van der Waals surface area contributed by atoms with Crippen molar-refractivity contribution in [3.63, 3.8) is 0 Å². The molecule has 0 bridgehead atoms. The van der Waals surface area contributed by atoms with E-state index in [-0.39, 0.29) is 6.54 Å². The molecule has 0 atom stereocenters. The van der Waals surface area contributed by atoms with Gasteiger partial charge in [-0.1, -0.05) is 24.3 Å². The molecule has 15 heavy (non-hydrogen) atoms. The molecule has 2 rings (SSSR count). The lowest BCUT2D eigenvalue weighted by Crippen LogP contribution is -2.22. The summed E-state index contributed by atoms with van der Waals surface area (Å²) >= 11 is 0. The summed E-state index contributed by atoms with van der Waals surface area (Å²) < 4.78 is 0. The number of hydrogen-bond acceptors (Lipinski definition) is 2. The zero-order valence-electron chi connectivity index (χ0n) is 8.57. The van der Waals surface area contributed by atoms with Crippen molar-refractivity contribution in [2.75, 3.05) is 6.54 Å². The Morgan fingerprint density at radius 2 is 2.13 bits per heavy atom. The number of carboxylic acids is 1. The average molecular weight is 205 g/mol. The summed E-state index contributed by atoms with van der Waals surface area (Å²) in [5.41, 5.74) is 2.62. The number of rotatable bonds is 5. The molecular weight excluding hydrogens is 190 g/mol. The minimum atomic E-state index is -0.807. The number of aliphatic carboxylic acids is 1. The van der Waals surface area contributed by atoms with Gasteiger partial charge in [-0.25, -0.2) is 0 Å². The minimum absolute atomic E-state index is 0.0268. The molecule has 0 saturated heterocycles. The molecule has 0 spiro atoms. The van der Waals surface area contributed by atoms with Crippen LogP contribution in [-0.4, -0.2) is 17.6 Å².